The molecule has 0 unspecified atom stereocenters. The molecule has 6 aromatic carbocycles. The molecule has 0 atom stereocenters. The van der Waals surface area contributed by atoms with Gasteiger partial charge in [0.1, 0.15) is 0 Å². The first-order valence-corrected chi connectivity index (χ1v) is 15.9. The molecule has 0 bridgehead atoms. The molecule has 0 radical (unpaired) electrons. The molecule has 0 aromatic heterocycles. The van der Waals surface area contributed by atoms with Crippen molar-refractivity contribution in [2.75, 3.05) is 10.6 Å². The van der Waals surface area contributed by atoms with Crippen LogP contribution in [0.1, 0.15) is 47.8 Å². The second-order valence-corrected chi connectivity index (χ2v) is 11.8. The topological polar surface area (TPSA) is 75.3 Å². The highest BCUT2D eigenvalue weighted by Crippen LogP contribution is 2.27. The minimum Gasteiger partial charge on any atom is -0.322 e. The maximum Gasteiger partial charge on any atom is 0.255 e. The van der Waals surface area contributed by atoms with Crippen LogP contribution in [0.5, 0.6) is 0 Å². The van der Waals surface area contributed by atoms with Gasteiger partial charge in [0.15, 0.2) is 5.78 Å². The van der Waals surface area contributed by atoms with Crippen molar-refractivity contribution in [2.45, 2.75) is 13.8 Å². The van der Waals surface area contributed by atoms with Crippen molar-refractivity contribution >= 4 is 44.9 Å². The molecule has 0 aliphatic rings. The number of hydrogen-bond acceptors (Lipinski definition) is 3. The van der Waals surface area contributed by atoms with Crippen molar-refractivity contribution in [3.05, 3.63) is 190 Å². The normalized spacial score (nSPS) is 10.3. The molecule has 0 fully saturated rings. The van der Waals surface area contributed by atoms with E-state index >= 15 is 0 Å². The maximum absolute atomic E-state index is 12.6. The Hall–Kier alpha value is -5.59. The van der Waals surface area contributed by atoms with Gasteiger partial charge in [0, 0.05) is 38.1 Å². The van der Waals surface area contributed by atoms with E-state index in [-0.39, 0.29) is 17.6 Å². The molecule has 0 spiro atoms. The summed E-state index contributed by atoms with van der Waals surface area (Å²) in [5.74, 6) is -0.228. The summed E-state index contributed by atoms with van der Waals surface area (Å²) in [5.41, 5.74) is 8.17. The van der Waals surface area contributed by atoms with Crippen molar-refractivity contribution < 1.29 is 14.4 Å². The highest BCUT2D eigenvalue weighted by Gasteiger charge is 2.11. The second kappa shape index (κ2) is 15.6. The molecule has 6 aromatic rings. The van der Waals surface area contributed by atoms with Crippen LogP contribution in [-0.2, 0) is 0 Å². The summed E-state index contributed by atoms with van der Waals surface area (Å²) in [6.07, 6.45) is 0. The standard InChI is InChI=1S/C27H21NO2.C14H12BrNO/c1-19-12-13-24(18-25(19)28-27(30)23-10-6-3-7-11-23)20-14-16-22(17-15-20)26(29)21-8-4-2-5-9-21;1-10-7-8-12(15)9-13(10)16-14(17)11-5-3-2-4-6-11/h2-18H,1H3,(H,28,30);2-9H,1H3,(H,16,17). The number of aryl methyl sites for hydroxylation is 2. The quantitative estimate of drug-likeness (QED) is 0.165. The number of halogens is 1. The molecule has 47 heavy (non-hydrogen) atoms. The fourth-order valence-electron chi connectivity index (χ4n) is 4.80. The van der Waals surface area contributed by atoms with Crippen LogP contribution in [0.25, 0.3) is 11.1 Å². The van der Waals surface area contributed by atoms with Crippen LogP contribution < -0.4 is 10.6 Å². The lowest BCUT2D eigenvalue weighted by molar-refractivity contribution is 0.101. The van der Waals surface area contributed by atoms with Gasteiger partial charge in [-0.1, -0.05) is 125 Å². The summed E-state index contributed by atoms with van der Waals surface area (Å²) in [4.78, 5) is 37.1. The zero-order valence-corrected chi connectivity index (χ0v) is 27.6. The van der Waals surface area contributed by atoms with E-state index in [0.29, 0.717) is 22.3 Å². The van der Waals surface area contributed by atoms with Crippen LogP contribution >= 0.6 is 15.9 Å². The molecule has 6 heteroatoms. The minimum atomic E-state index is -0.139. The SMILES string of the molecule is Cc1ccc(-c2ccc(C(=O)c3ccccc3)cc2)cc1NC(=O)c1ccccc1.Cc1ccc(Br)cc1NC(=O)c1ccccc1. The highest BCUT2D eigenvalue weighted by molar-refractivity contribution is 9.10. The molecule has 5 nitrogen and oxygen atoms in total. The van der Waals surface area contributed by atoms with Crippen molar-refractivity contribution in [1.29, 1.82) is 0 Å². The number of benzene rings is 6. The Balaban J connectivity index is 0.000000216. The van der Waals surface area contributed by atoms with E-state index in [9.17, 15) is 14.4 Å². The zero-order valence-electron chi connectivity index (χ0n) is 26.0. The summed E-state index contributed by atoms with van der Waals surface area (Å²) in [6.45, 7) is 3.93. The lowest BCUT2D eigenvalue weighted by atomic mass is 9.98. The van der Waals surface area contributed by atoms with Crippen LogP contribution in [-0.4, -0.2) is 17.6 Å². The average molecular weight is 682 g/mol. The van der Waals surface area contributed by atoms with Crippen molar-refractivity contribution in [2.24, 2.45) is 0 Å². The van der Waals surface area contributed by atoms with Gasteiger partial charge in [0.2, 0.25) is 0 Å². The number of carbonyl (C=O) groups excluding carboxylic acids is 3. The van der Waals surface area contributed by atoms with Gasteiger partial charge in [-0.05, 0) is 78.6 Å². The molecular formula is C41H33BrN2O3. The van der Waals surface area contributed by atoms with E-state index in [4.69, 9.17) is 0 Å². The Kier molecular flexibility index (Phi) is 10.9. The summed E-state index contributed by atoms with van der Waals surface area (Å²) in [6, 6.07) is 46.9. The Labute approximate surface area is 283 Å². The van der Waals surface area contributed by atoms with Crippen LogP contribution in [0.3, 0.4) is 0 Å². The van der Waals surface area contributed by atoms with Gasteiger partial charge in [0.25, 0.3) is 11.8 Å². The molecule has 0 saturated heterocycles. The number of hydrogen-bond donors (Lipinski definition) is 2. The average Bonchev–Trinajstić information content (AvgIpc) is 3.12. The van der Waals surface area contributed by atoms with E-state index in [2.05, 4.69) is 26.6 Å². The summed E-state index contributed by atoms with van der Waals surface area (Å²) in [5, 5.41) is 5.89. The van der Waals surface area contributed by atoms with Crippen LogP contribution in [0.15, 0.2) is 156 Å². The Bertz CT molecular complexity index is 1990. The van der Waals surface area contributed by atoms with Crippen molar-refractivity contribution in [3.63, 3.8) is 0 Å². The molecule has 0 heterocycles. The van der Waals surface area contributed by atoms with Crippen molar-refractivity contribution in [1.82, 2.24) is 0 Å². The van der Waals surface area contributed by atoms with E-state index in [1.54, 1.807) is 24.3 Å². The molecule has 6 rings (SSSR count). The van der Waals surface area contributed by atoms with E-state index < -0.39 is 0 Å². The van der Waals surface area contributed by atoms with Crippen LogP contribution in [0.4, 0.5) is 11.4 Å². The number of ketones is 1. The third-order valence-electron chi connectivity index (χ3n) is 7.52. The number of carbonyl (C=O) groups is 3. The fraction of sp³-hybridized carbons (Fsp3) is 0.0488. The van der Waals surface area contributed by atoms with E-state index in [1.165, 1.54) is 0 Å². The Morgan fingerprint density at radius 2 is 0.851 bits per heavy atom. The lowest BCUT2D eigenvalue weighted by Crippen LogP contribution is -2.12. The third-order valence-corrected chi connectivity index (χ3v) is 8.02. The van der Waals surface area contributed by atoms with Gasteiger partial charge >= 0.3 is 0 Å². The first-order chi connectivity index (χ1) is 22.8. The molecule has 232 valence electrons. The second-order valence-electron chi connectivity index (χ2n) is 10.9. The number of anilines is 2. The summed E-state index contributed by atoms with van der Waals surface area (Å²) in [7, 11) is 0. The predicted molar refractivity (Wildman–Crippen MR) is 194 cm³/mol. The minimum absolute atomic E-state index is 0.00173. The smallest absolute Gasteiger partial charge is 0.255 e. The van der Waals surface area contributed by atoms with E-state index in [0.717, 1.165) is 38.1 Å². The van der Waals surface area contributed by atoms with Gasteiger partial charge in [-0.15, -0.1) is 0 Å². The van der Waals surface area contributed by atoms with Gasteiger partial charge in [0.05, 0.1) is 0 Å². The third kappa shape index (κ3) is 8.78. The maximum atomic E-state index is 12.6. The molecule has 0 saturated carbocycles. The monoisotopic (exact) mass is 680 g/mol. The number of rotatable bonds is 7. The molecule has 2 N–H and O–H groups in total. The number of nitrogens with one attached hydrogen (secondary N) is 2. The molecule has 2 amide bonds. The Morgan fingerprint density at radius 1 is 0.447 bits per heavy atom. The molecule has 0 aliphatic carbocycles. The van der Waals surface area contributed by atoms with Gasteiger partial charge < -0.3 is 10.6 Å². The summed E-state index contributed by atoms with van der Waals surface area (Å²) >= 11 is 3.39. The summed E-state index contributed by atoms with van der Waals surface area (Å²) < 4.78 is 0.950. The zero-order chi connectivity index (χ0) is 33.2. The van der Waals surface area contributed by atoms with Crippen LogP contribution in [0, 0.1) is 13.8 Å². The number of amides is 2. The lowest BCUT2D eigenvalue weighted by Gasteiger charge is -2.11. The largest absolute Gasteiger partial charge is 0.322 e. The van der Waals surface area contributed by atoms with Crippen molar-refractivity contribution in [3.8, 4) is 11.1 Å². The Morgan fingerprint density at radius 3 is 1.36 bits per heavy atom. The van der Waals surface area contributed by atoms with Gasteiger partial charge in [-0.2, -0.15) is 0 Å². The first kappa shape index (κ1) is 32.8. The van der Waals surface area contributed by atoms with Gasteiger partial charge in [-0.3, -0.25) is 14.4 Å². The molecule has 0 aliphatic heterocycles. The predicted octanol–water partition coefficient (Wildman–Crippen LogP) is 10.2. The molecular weight excluding hydrogens is 648 g/mol. The highest BCUT2D eigenvalue weighted by atomic mass is 79.9. The van der Waals surface area contributed by atoms with Crippen LogP contribution in [0.2, 0.25) is 0 Å². The van der Waals surface area contributed by atoms with E-state index in [1.807, 2.05) is 141 Å². The first-order valence-electron chi connectivity index (χ1n) is 15.1. The fourth-order valence-corrected chi connectivity index (χ4v) is 5.16. The van der Waals surface area contributed by atoms with Gasteiger partial charge in [-0.25, -0.2) is 0 Å².